The molecule has 0 heterocycles. The number of ether oxygens (including phenoxy) is 2. The van der Waals surface area contributed by atoms with Crippen LogP contribution in [0, 0.1) is 6.92 Å². The first kappa shape index (κ1) is 28.0. The minimum absolute atomic E-state index is 0.0469. The minimum Gasteiger partial charge on any atom is -0.493 e. The lowest BCUT2D eigenvalue weighted by Crippen LogP contribution is -2.35. The fourth-order valence-corrected chi connectivity index (χ4v) is 5.13. The maximum atomic E-state index is 13.6. The van der Waals surface area contributed by atoms with Gasteiger partial charge in [-0.3, -0.25) is 4.79 Å². The zero-order valence-corrected chi connectivity index (χ0v) is 22.8. The first-order chi connectivity index (χ1) is 17.8. The number of carbonyl (C=O) groups excluding carboxylic acids is 1. The Morgan fingerprint density at radius 1 is 0.919 bits per heavy atom. The van der Waals surface area contributed by atoms with Gasteiger partial charge >= 0.3 is 0 Å². The van der Waals surface area contributed by atoms with Crippen molar-refractivity contribution >= 4 is 27.7 Å². The largest absolute Gasteiger partial charge is 0.493 e. The van der Waals surface area contributed by atoms with Crippen molar-refractivity contribution in [3.8, 4) is 11.5 Å². The quantitative estimate of drug-likeness (QED) is 0.199. The number of hydrogen-bond donors (Lipinski definition) is 0. The lowest BCUT2D eigenvalue weighted by Gasteiger charge is -2.22. The molecule has 0 N–H and O–H groups in total. The topological polar surface area (TPSA) is 72.9 Å². The molecule has 6 nitrogen and oxygen atoms in total. The van der Waals surface area contributed by atoms with E-state index in [1.807, 2.05) is 26.0 Å². The molecule has 0 aliphatic rings. The zero-order valence-electron chi connectivity index (χ0n) is 21.9. The van der Waals surface area contributed by atoms with Crippen molar-refractivity contribution in [1.82, 2.24) is 0 Å². The molecule has 3 aromatic carbocycles. The molecule has 0 unspecified atom stereocenters. The Balaban J connectivity index is 1.91. The molecule has 3 aromatic rings. The number of carbonyl (C=O) groups is 1. The van der Waals surface area contributed by atoms with E-state index in [9.17, 15) is 13.2 Å². The van der Waals surface area contributed by atoms with Crippen LogP contribution in [0.3, 0.4) is 0 Å². The summed E-state index contributed by atoms with van der Waals surface area (Å²) < 4.78 is 39.3. The maximum Gasteiger partial charge on any atom is 0.271 e. The van der Waals surface area contributed by atoms with Gasteiger partial charge in [-0.25, -0.2) is 8.42 Å². The molecule has 3 rings (SSSR count). The number of benzene rings is 3. The van der Waals surface area contributed by atoms with Crippen molar-refractivity contribution < 1.29 is 22.7 Å². The number of unbranched alkanes of at least 4 members (excludes halogenated alkanes) is 2. The Morgan fingerprint density at radius 2 is 1.62 bits per heavy atom. The summed E-state index contributed by atoms with van der Waals surface area (Å²) in [6, 6.07) is 18.8. The number of nitrogens with zero attached hydrogens (tertiary/aromatic N) is 1. The number of anilines is 1. The first-order valence-electron chi connectivity index (χ1n) is 12.5. The van der Waals surface area contributed by atoms with Crippen LogP contribution in [-0.4, -0.2) is 28.0 Å². The van der Waals surface area contributed by atoms with Crippen LogP contribution in [0.2, 0.25) is 0 Å². The normalized spacial score (nSPS) is 11.5. The fourth-order valence-electron chi connectivity index (χ4n) is 3.74. The number of methoxy groups -OCH3 is 1. The molecule has 1 amide bonds. The molecule has 0 saturated heterocycles. The van der Waals surface area contributed by atoms with E-state index in [4.69, 9.17) is 9.47 Å². The standard InChI is InChI=1S/C30H35NO5S/c1-5-7-8-21-36-28-19-13-25(22-29(28)35-4)14-20-30(32)31(26-15-11-24(6-2)12-16-26)37(33,34)27-17-9-23(3)10-18-27/h9-20,22H,5-8,21H2,1-4H3/b20-14+. The van der Waals surface area contributed by atoms with Crippen molar-refractivity contribution in [3.63, 3.8) is 0 Å². The van der Waals surface area contributed by atoms with Gasteiger partial charge in [0.15, 0.2) is 11.5 Å². The fraction of sp³-hybridized carbons (Fsp3) is 0.300. The van der Waals surface area contributed by atoms with Crippen LogP contribution in [0.25, 0.3) is 6.08 Å². The van der Waals surface area contributed by atoms with Gasteiger partial charge in [0.2, 0.25) is 0 Å². The molecule has 0 fully saturated rings. The highest BCUT2D eigenvalue weighted by Gasteiger charge is 2.29. The monoisotopic (exact) mass is 521 g/mol. The molecule has 0 atom stereocenters. The van der Waals surface area contributed by atoms with Gasteiger partial charge in [-0.05, 0) is 73.4 Å². The van der Waals surface area contributed by atoms with E-state index in [2.05, 4.69) is 6.92 Å². The Morgan fingerprint density at radius 3 is 2.24 bits per heavy atom. The Kier molecular flexibility index (Phi) is 9.92. The van der Waals surface area contributed by atoms with E-state index in [1.165, 1.54) is 18.2 Å². The molecule has 196 valence electrons. The van der Waals surface area contributed by atoms with Crippen molar-refractivity contribution in [2.75, 3.05) is 18.0 Å². The van der Waals surface area contributed by atoms with Crippen LogP contribution in [0.15, 0.2) is 77.7 Å². The van der Waals surface area contributed by atoms with Crippen LogP contribution in [-0.2, 0) is 21.2 Å². The smallest absolute Gasteiger partial charge is 0.271 e. The second kappa shape index (κ2) is 13.1. The van der Waals surface area contributed by atoms with Crippen LogP contribution in [0.4, 0.5) is 5.69 Å². The maximum absolute atomic E-state index is 13.6. The van der Waals surface area contributed by atoms with Crippen LogP contribution in [0.1, 0.15) is 49.8 Å². The third kappa shape index (κ3) is 7.23. The molecular weight excluding hydrogens is 486 g/mol. The molecule has 0 bridgehead atoms. The second-order valence-corrected chi connectivity index (χ2v) is 10.5. The summed E-state index contributed by atoms with van der Waals surface area (Å²) in [4.78, 5) is 13.4. The van der Waals surface area contributed by atoms with E-state index >= 15 is 0 Å². The van der Waals surface area contributed by atoms with Crippen molar-refractivity contribution in [1.29, 1.82) is 0 Å². The Bertz CT molecular complexity index is 1310. The molecule has 0 aromatic heterocycles. The highest BCUT2D eigenvalue weighted by molar-refractivity contribution is 7.93. The predicted molar refractivity (Wildman–Crippen MR) is 149 cm³/mol. The summed E-state index contributed by atoms with van der Waals surface area (Å²) in [5.41, 5.74) is 2.93. The van der Waals surface area contributed by atoms with Gasteiger partial charge in [0.25, 0.3) is 15.9 Å². The summed E-state index contributed by atoms with van der Waals surface area (Å²) >= 11 is 0. The second-order valence-electron chi connectivity index (χ2n) is 8.74. The van der Waals surface area contributed by atoms with E-state index in [-0.39, 0.29) is 10.6 Å². The number of rotatable bonds is 12. The molecular formula is C30H35NO5S. The summed E-state index contributed by atoms with van der Waals surface area (Å²) in [5, 5.41) is 0. The molecule has 0 aliphatic heterocycles. The summed E-state index contributed by atoms with van der Waals surface area (Å²) in [5.74, 6) is 0.496. The Labute approximate surface area is 220 Å². The van der Waals surface area contributed by atoms with Gasteiger partial charge in [-0.15, -0.1) is 0 Å². The molecule has 37 heavy (non-hydrogen) atoms. The molecule has 0 spiro atoms. The highest BCUT2D eigenvalue weighted by Crippen LogP contribution is 2.29. The van der Waals surface area contributed by atoms with E-state index < -0.39 is 15.9 Å². The van der Waals surface area contributed by atoms with Gasteiger partial charge in [0.1, 0.15) is 0 Å². The predicted octanol–water partition coefficient (Wildman–Crippen LogP) is 6.57. The minimum atomic E-state index is -4.14. The van der Waals surface area contributed by atoms with Gasteiger partial charge in [-0.2, -0.15) is 4.31 Å². The number of hydrogen-bond acceptors (Lipinski definition) is 5. The lowest BCUT2D eigenvalue weighted by atomic mass is 10.1. The van der Waals surface area contributed by atoms with Crippen LogP contribution in [0.5, 0.6) is 11.5 Å². The first-order valence-corrected chi connectivity index (χ1v) is 14.0. The van der Waals surface area contributed by atoms with Crippen molar-refractivity contribution in [3.05, 3.63) is 89.5 Å². The van der Waals surface area contributed by atoms with Crippen molar-refractivity contribution in [2.24, 2.45) is 0 Å². The summed E-state index contributed by atoms with van der Waals surface area (Å²) in [6.45, 7) is 6.62. The molecule has 0 aliphatic carbocycles. The van der Waals surface area contributed by atoms with Gasteiger partial charge < -0.3 is 9.47 Å². The average Bonchev–Trinajstić information content (AvgIpc) is 2.91. The summed E-state index contributed by atoms with van der Waals surface area (Å²) in [7, 11) is -2.58. The third-order valence-corrected chi connectivity index (χ3v) is 7.69. The van der Waals surface area contributed by atoms with E-state index in [0.717, 1.165) is 41.1 Å². The van der Waals surface area contributed by atoms with Gasteiger partial charge in [0.05, 0.1) is 24.3 Å². The summed E-state index contributed by atoms with van der Waals surface area (Å²) in [6.07, 6.45) is 6.80. The van der Waals surface area contributed by atoms with E-state index in [1.54, 1.807) is 55.7 Å². The van der Waals surface area contributed by atoms with Gasteiger partial charge in [-0.1, -0.05) is 62.6 Å². The number of amides is 1. The lowest BCUT2D eigenvalue weighted by molar-refractivity contribution is -0.113. The molecule has 7 heteroatoms. The molecule has 0 saturated carbocycles. The van der Waals surface area contributed by atoms with Crippen LogP contribution >= 0.6 is 0 Å². The number of sulfonamides is 1. The average molecular weight is 522 g/mol. The molecule has 0 radical (unpaired) electrons. The number of aryl methyl sites for hydroxylation is 2. The SMILES string of the molecule is CCCCCOc1ccc(/C=C/C(=O)N(c2ccc(CC)cc2)S(=O)(=O)c2ccc(C)cc2)cc1OC. The van der Waals surface area contributed by atoms with E-state index in [0.29, 0.717) is 23.7 Å². The highest BCUT2D eigenvalue weighted by atomic mass is 32.2. The Hall–Kier alpha value is -3.58. The van der Waals surface area contributed by atoms with Crippen molar-refractivity contribution in [2.45, 2.75) is 51.3 Å². The third-order valence-electron chi connectivity index (χ3n) is 5.95. The zero-order chi connectivity index (χ0) is 26.8. The van der Waals surface area contributed by atoms with Gasteiger partial charge in [0, 0.05) is 6.08 Å². The van der Waals surface area contributed by atoms with Crippen LogP contribution < -0.4 is 13.8 Å².